The summed E-state index contributed by atoms with van der Waals surface area (Å²) >= 11 is 3.42. The topological polar surface area (TPSA) is 36.4 Å². The van der Waals surface area contributed by atoms with Gasteiger partial charge in [0.1, 0.15) is 0 Å². The van der Waals surface area contributed by atoms with Gasteiger partial charge in [0, 0.05) is 17.7 Å². The maximum Gasteiger partial charge on any atom is 0.0743 e. The maximum atomic E-state index is 10.00. The Balaban J connectivity index is 2.14. The van der Waals surface area contributed by atoms with E-state index in [1.54, 1.807) is 6.20 Å². The highest BCUT2D eigenvalue weighted by atomic mass is 79.9. The van der Waals surface area contributed by atoms with E-state index in [9.17, 15) is 5.11 Å². The first-order chi connectivity index (χ1) is 7.68. The van der Waals surface area contributed by atoms with Crippen LogP contribution in [0.3, 0.4) is 0 Å². The van der Waals surface area contributed by atoms with Gasteiger partial charge in [0.05, 0.1) is 24.0 Å². The van der Waals surface area contributed by atoms with E-state index >= 15 is 0 Å². The third-order valence-electron chi connectivity index (χ3n) is 3.29. The van der Waals surface area contributed by atoms with Gasteiger partial charge in [-0.3, -0.25) is 4.98 Å². The number of hydrogen-bond donors (Lipinski definition) is 1. The Bertz CT molecular complexity index is 359. The molecule has 16 heavy (non-hydrogen) atoms. The molecule has 0 saturated heterocycles. The monoisotopic (exact) mass is 284 g/mol. The highest BCUT2D eigenvalue weighted by Crippen LogP contribution is 2.27. The molecule has 0 radical (unpaired) electrons. The first kappa shape index (κ1) is 11.9. The molecule has 0 spiro atoms. The zero-order valence-electron chi connectivity index (χ0n) is 9.43. The standard InChI is InChI=1S/C12H17BrN2O/c1-15(10-6-9(13)7-14-8-10)11-4-2-3-5-12(11)16/h6-8,11-12,16H,2-5H2,1H3. The van der Waals surface area contributed by atoms with E-state index in [-0.39, 0.29) is 12.1 Å². The van der Waals surface area contributed by atoms with Crippen LogP contribution in [0.1, 0.15) is 25.7 Å². The number of aromatic nitrogens is 1. The van der Waals surface area contributed by atoms with Gasteiger partial charge >= 0.3 is 0 Å². The fraction of sp³-hybridized carbons (Fsp3) is 0.583. The number of pyridine rings is 1. The van der Waals surface area contributed by atoms with Crippen LogP contribution in [0.2, 0.25) is 0 Å². The van der Waals surface area contributed by atoms with Crippen molar-refractivity contribution in [3.63, 3.8) is 0 Å². The molecule has 0 aromatic carbocycles. The van der Waals surface area contributed by atoms with Gasteiger partial charge in [-0.2, -0.15) is 0 Å². The molecule has 1 aromatic heterocycles. The Labute approximate surface area is 105 Å². The third-order valence-corrected chi connectivity index (χ3v) is 3.72. The summed E-state index contributed by atoms with van der Waals surface area (Å²) in [6.07, 6.45) is 7.72. The van der Waals surface area contributed by atoms with Crippen LogP contribution in [0.25, 0.3) is 0 Å². The minimum atomic E-state index is -0.210. The van der Waals surface area contributed by atoms with Gasteiger partial charge in [-0.15, -0.1) is 0 Å². The van der Waals surface area contributed by atoms with Crippen LogP contribution in [0.15, 0.2) is 22.9 Å². The van der Waals surface area contributed by atoms with Crippen molar-refractivity contribution >= 4 is 21.6 Å². The van der Waals surface area contributed by atoms with E-state index < -0.39 is 0 Å². The van der Waals surface area contributed by atoms with E-state index in [0.717, 1.165) is 29.4 Å². The average molecular weight is 285 g/mol. The van der Waals surface area contributed by atoms with Gasteiger partial charge < -0.3 is 10.0 Å². The van der Waals surface area contributed by atoms with Crippen LogP contribution in [-0.2, 0) is 0 Å². The molecular weight excluding hydrogens is 268 g/mol. The summed E-state index contributed by atoms with van der Waals surface area (Å²) in [5.41, 5.74) is 1.06. The van der Waals surface area contributed by atoms with Crippen LogP contribution >= 0.6 is 15.9 Å². The van der Waals surface area contributed by atoms with Gasteiger partial charge in [-0.05, 0) is 34.8 Å². The predicted molar refractivity (Wildman–Crippen MR) is 68.6 cm³/mol. The molecule has 2 rings (SSSR count). The second kappa shape index (κ2) is 5.15. The summed E-state index contributed by atoms with van der Waals surface area (Å²) in [6.45, 7) is 0. The molecular formula is C12H17BrN2O. The highest BCUT2D eigenvalue weighted by Gasteiger charge is 2.26. The Kier molecular flexibility index (Phi) is 3.82. The molecule has 1 N–H and O–H groups in total. The number of halogens is 1. The zero-order valence-corrected chi connectivity index (χ0v) is 11.0. The van der Waals surface area contributed by atoms with Gasteiger partial charge in [-0.25, -0.2) is 0 Å². The quantitative estimate of drug-likeness (QED) is 0.907. The van der Waals surface area contributed by atoms with Gasteiger partial charge in [-0.1, -0.05) is 12.8 Å². The molecule has 2 atom stereocenters. The first-order valence-electron chi connectivity index (χ1n) is 5.70. The number of anilines is 1. The Hall–Kier alpha value is -0.610. The Morgan fingerprint density at radius 3 is 2.81 bits per heavy atom. The summed E-state index contributed by atoms with van der Waals surface area (Å²) < 4.78 is 0.974. The van der Waals surface area contributed by atoms with Gasteiger partial charge in [0.2, 0.25) is 0 Å². The maximum absolute atomic E-state index is 10.00. The zero-order chi connectivity index (χ0) is 11.5. The summed E-state index contributed by atoms with van der Waals surface area (Å²) in [6, 6.07) is 2.26. The summed E-state index contributed by atoms with van der Waals surface area (Å²) in [4.78, 5) is 6.30. The molecule has 88 valence electrons. The molecule has 4 heteroatoms. The second-order valence-corrected chi connectivity index (χ2v) is 5.31. The molecule has 2 unspecified atom stereocenters. The molecule has 1 aliphatic rings. The van der Waals surface area contributed by atoms with E-state index in [4.69, 9.17) is 0 Å². The SMILES string of the molecule is CN(c1cncc(Br)c1)C1CCCCC1O. The first-order valence-corrected chi connectivity index (χ1v) is 6.49. The van der Waals surface area contributed by atoms with Crippen LogP contribution in [0, 0.1) is 0 Å². The van der Waals surface area contributed by atoms with Crippen molar-refractivity contribution in [2.24, 2.45) is 0 Å². The van der Waals surface area contributed by atoms with E-state index in [1.165, 1.54) is 6.42 Å². The van der Waals surface area contributed by atoms with Crippen molar-refractivity contribution < 1.29 is 5.11 Å². The van der Waals surface area contributed by atoms with Crippen molar-refractivity contribution in [1.29, 1.82) is 0 Å². The fourth-order valence-electron chi connectivity index (χ4n) is 2.33. The number of aliphatic hydroxyl groups is 1. The molecule has 1 aromatic rings. The van der Waals surface area contributed by atoms with Crippen molar-refractivity contribution in [3.05, 3.63) is 22.9 Å². The van der Waals surface area contributed by atoms with Crippen LogP contribution < -0.4 is 4.90 Å². The summed E-state index contributed by atoms with van der Waals surface area (Å²) in [7, 11) is 2.03. The molecule has 1 saturated carbocycles. The van der Waals surface area contributed by atoms with Crippen molar-refractivity contribution in [2.45, 2.75) is 37.8 Å². The van der Waals surface area contributed by atoms with Crippen LogP contribution in [-0.4, -0.2) is 29.3 Å². The van der Waals surface area contributed by atoms with Crippen molar-refractivity contribution in [3.8, 4) is 0 Å². The van der Waals surface area contributed by atoms with Crippen molar-refractivity contribution in [2.75, 3.05) is 11.9 Å². The normalized spacial score (nSPS) is 25.4. The van der Waals surface area contributed by atoms with E-state index in [2.05, 4.69) is 25.8 Å². The molecule has 0 bridgehead atoms. The average Bonchev–Trinajstić information content (AvgIpc) is 2.29. The molecule has 1 aliphatic carbocycles. The number of nitrogens with zero attached hydrogens (tertiary/aromatic N) is 2. The predicted octanol–water partition coefficient (Wildman–Crippen LogP) is 2.58. The lowest BCUT2D eigenvalue weighted by Gasteiger charge is -2.36. The highest BCUT2D eigenvalue weighted by molar-refractivity contribution is 9.10. The number of hydrogen-bond acceptors (Lipinski definition) is 3. The van der Waals surface area contributed by atoms with Crippen molar-refractivity contribution in [1.82, 2.24) is 4.98 Å². The third kappa shape index (κ3) is 2.55. The molecule has 1 fully saturated rings. The van der Waals surface area contributed by atoms with Crippen LogP contribution in [0.5, 0.6) is 0 Å². The molecule has 1 heterocycles. The van der Waals surface area contributed by atoms with E-state index in [1.807, 2.05) is 19.3 Å². The van der Waals surface area contributed by atoms with Crippen LogP contribution in [0.4, 0.5) is 5.69 Å². The Morgan fingerprint density at radius 2 is 2.12 bits per heavy atom. The minimum absolute atomic E-state index is 0.210. The van der Waals surface area contributed by atoms with Gasteiger partial charge in [0.25, 0.3) is 0 Å². The summed E-state index contributed by atoms with van der Waals surface area (Å²) in [5.74, 6) is 0. The lowest BCUT2D eigenvalue weighted by molar-refractivity contribution is 0.106. The largest absolute Gasteiger partial charge is 0.391 e. The summed E-state index contributed by atoms with van der Waals surface area (Å²) in [5, 5.41) is 10.00. The fourth-order valence-corrected chi connectivity index (χ4v) is 2.68. The minimum Gasteiger partial charge on any atom is -0.391 e. The number of likely N-dealkylation sites (N-methyl/N-ethyl adjacent to an activating group) is 1. The van der Waals surface area contributed by atoms with Gasteiger partial charge in [0.15, 0.2) is 0 Å². The number of rotatable bonds is 2. The molecule has 3 nitrogen and oxygen atoms in total. The Morgan fingerprint density at radius 1 is 1.38 bits per heavy atom. The van der Waals surface area contributed by atoms with E-state index in [0.29, 0.717) is 0 Å². The lowest BCUT2D eigenvalue weighted by atomic mass is 9.91. The molecule has 0 amide bonds. The second-order valence-electron chi connectivity index (χ2n) is 4.39. The number of aliphatic hydroxyl groups excluding tert-OH is 1. The smallest absolute Gasteiger partial charge is 0.0743 e. The molecule has 0 aliphatic heterocycles. The lowest BCUT2D eigenvalue weighted by Crippen LogP contribution is -2.43.